The van der Waals surface area contributed by atoms with E-state index in [2.05, 4.69) is 16.2 Å². The molecule has 8 heteroatoms. The highest BCUT2D eigenvalue weighted by Gasteiger charge is 2.48. The largest absolute Gasteiger partial charge is 0.472 e. The Morgan fingerprint density at radius 3 is 2.55 bits per heavy atom. The molecular weight excluding hydrogens is 394 g/mol. The number of hydrogen-bond donors (Lipinski definition) is 1. The van der Waals surface area contributed by atoms with Gasteiger partial charge in [-0.05, 0) is 24.5 Å². The summed E-state index contributed by atoms with van der Waals surface area (Å²) in [6.07, 6.45) is 4.92. The fourth-order valence-corrected chi connectivity index (χ4v) is 4.75. The van der Waals surface area contributed by atoms with Gasteiger partial charge < -0.3 is 19.9 Å². The van der Waals surface area contributed by atoms with Gasteiger partial charge in [-0.2, -0.15) is 10.4 Å². The maximum Gasteiger partial charge on any atom is 0.227 e. The normalized spacial score (nSPS) is 19.5. The highest BCUT2D eigenvalue weighted by Crippen LogP contribution is 2.47. The summed E-state index contributed by atoms with van der Waals surface area (Å²) in [5.41, 5.74) is 7.74. The van der Waals surface area contributed by atoms with Crippen LogP contribution in [0, 0.1) is 11.3 Å². The quantitative estimate of drug-likeness (QED) is 0.674. The molecular formula is C23H25N5O3. The molecule has 1 saturated carbocycles. The summed E-state index contributed by atoms with van der Waals surface area (Å²) in [6.45, 7) is 1.63. The first-order valence-corrected chi connectivity index (χ1v) is 10.6. The Morgan fingerprint density at radius 1 is 1.10 bits per heavy atom. The number of hydrogen-bond acceptors (Lipinski definition) is 7. The maximum absolute atomic E-state index is 9.62. The Bertz CT molecular complexity index is 1110. The number of nitrogen functional groups attached to an aromatic ring is 1. The average molecular weight is 419 g/mol. The Morgan fingerprint density at radius 2 is 1.84 bits per heavy atom. The van der Waals surface area contributed by atoms with Crippen LogP contribution in [0.2, 0.25) is 0 Å². The van der Waals surface area contributed by atoms with Gasteiger partial charge >= 0.3 is 0 Å². The molecule has 3 heterocycles. The Labute approximate surface area is 180 Å². The standard InChI is InChI=1S/C23H25N5O3/c24-12-11-22(7-9-23(10-8-22)30-14-15-31-23)28-18-6-13-26-21(19(18)20(25)27-28)29-16-17-4-2-1-3-5-17/h1-6,13H,7-11,14-16H2,(H2,25,27). The van der Waals surface area contributed by atoms with Gasteiger partial charge in [0.25, 0.3) is 0 Å². The third kappa shape index (κ3) is 3.50. The molecule has 0 unspecified atom stereocenters. The second-order valence-electron chi connectivity index (χ2n) is 8.25. The fraction of sp³-hybridized carbons (Fsp3) is 0.435. The van der Waals surface area contributed by atoms with E-state index in [-0.39, 0.29) is 0 Å². The number of anilines is 1. The summed E-state index contributed by atoms with van der Waals surface area (Å²) < 4.78 is 19.7. The van der Waals surface area contributed by atoms with Gasteiger partial charge in [-0.15, -0.1) is 0 Å². The number of nitrogens with zero attached hydrogens (tertiary/aromatic N) is 4. The minimum absolute atomic E-state index is 0.335. The van der Waals surface area contributed by atoms with Gasteiger partial charge in [0.1, 0.15) is 12.0 Å². The average Bonchev–Trinajstić information content (AvgIpc) is 3.41. The SMILES string of the molecule is N#CCC1(n2nc(N)c3c(OCc4ccccc4)nccc32)CCC2(CC1)OCCO2. The van der Waals surface area contributed by atoms with Crippen LogP contribution in [-0.4, -0.2) is 33.8 Å². The van der Waals surface area contributed by atoms with Crippen LogP contribution in [0.1, 0.15) is 37.7 Å². The molecule has 160 valence electrons. The van der Waals surface area contributed by atoms with Crippen LogP contribution in [0.15, 0.2) is 42.6 Å². The Balaban J connectivity index is 1.48. The van der Waals surface area contributed by atoms with Crippen molar-refractivity contribution in [3.05, 3.63) is 48.2 Å². The monoisotopic (exact) mass is 419 g/mol. The Hall–Kier alpha value is -3.15. The number of benzene rings is 1. The number of rotatable bonds is 5. The molecule has 1 aromatic carbocycles. The van der Waals surface area contributed by atoms with Gasteiger partial charge in [-0.3, -0.25) is 4.68 Å². The van der Waals surface area contributed by atoms with Crippen molar-refractivity contribution in [3.8, 4) is 11.9 Å². The lowest BCUT2D eigenvalue weighted by Gasteiger charge is -2.43. The van der Waals surface area contributed by atoms with E-state index in [1.165, 1.54) is 0 Å². The predicted molar refractivity (Wildman–Crippen MR) is 114 cm³/mol. The maximum atomic E-state index is 9.62. The van der Waals surface area contributed by atoms with E-state index in [1.54, 1.807) is 6.20 Å². The summed E-state index contributed by atoms with van der Waals surface area (Å²) in [7, 11) is 0. The molecule has 0 amide bonds. The van der Waals surface area contributed by atoms with E-state index in [0.717, 1.165) is 36.8 Å². The van der Waals surface area contributed by atoms with Crippen molar-refractivity contribution in [1.29, 1.82) is 5.26 Å². The van der Waals surface area contributed by atoms with Crippen molar-refractivity contribution in [3.63, 3.8) is 0 Å². The number of fused-ring (bicyclic) bond motifs is 1. The van der Waals surface area contributed by atoms with Crippen molar-refractivity contribution in [1.82, 2.24) is 14.8 Å². The second kappa shape index (κ2) is 7.84. The zero-order chi connectivity index (χ0) is 21.3. The summed E-state index contributed by atoms with van der Waals surface area (Å²) in [6, 6.07) is 14.2. The molecule has 2 aromatic heterocycles. The highest BCUT2D eigenvalue weighted by atomic mass is 16.7. The van der Waals surface area contributed by atoms with Crippen LogP contribution in [0.3, 0.4) is 0 Å². The Kier molecular flexibility index (Phi) is 5.00. The molecule has 31 heavy (non-hydrogen) atoms. The topological polar surface area (TPSA) is 108 Å². The zero-order valence-electron chi connectivity index (χ0n) is 17.3. The molecule has 2 N–H and O–H groups in total. The number of nitriles is 1. The molecule has 2 fully saturated rings. The van der Waals surface area contributed by atoms with Crippen LogP contribution in [0.25, 0.3) is 10.9 Å². The lowest BCUT2D eigenvalue weighted by atomic mass is 9.76. The molecule has 0 atom stereocenters. The first-order valence-electron chi connectivity index (χ1n) is 10.6. The molecule has 1 aliphatic carbocycles. The molecule has 2 aliphatic rings. The molecule has 5 rings (SSSR count). The van der Waals surface area contributed by atoms with Crippen LogP contribution < -0.4 is 10.5 Å². The molecule has 8 nitrogen and oxygen atoms in total. The second-order valence-corrected chi connectivity index (χ2v) is 8.25. The molecule has 3 aromatic rings. The van der Waals surface area contributed by atoms with Crippen LogP contribution in [0.5, 0.6) is 5.88 Å². The third-order valence-corrected chi connectivity index (χ3v) is 6.42. The number of aromatic nitrogens is 3. The van der Waals surface area contributed by atoms with E-state index in [0.29, 0.717) is 43.3 Å². The minimum Gasteiger partial charge on any atom is -0.472 e. The van der Waals surface area contributed by atoms with Crippen molar-refractivity contribution in [2.24, 2.45) is 0 Å². The van der Waals surface area contributed by atoms with Crippen molar-refractivity contribution < 1.29 is 14.2 Å². The third-order valence-electron chi connectivity index (χ3n) is 6.42. The van der Waals surface area contributed by atoms with E-state index in [4.69, 9.17) is 19.9 Å². The number of pyridine rings is 1. The van der Waals surface area contributed by atoms with Crippen LogP contribution in [-0.2, 0) is 21.6 Å². The van der Waals surface area contributed by atoms with E-state index >= 15 is 0 Å². The summed E-state index contributed by atoms with van der Waals surface area (Å²) in [4.78, 5) is 4.41. The lowest BCUT2D eigenvalue weighted by Crippen LogP contribution is -2.45. The lowest BCUT2D eigenvalue weighted by molar-refractivity contribution is -0.190. The molecule has 0 bridgehead atoms. The highest BCUT2D eigenvalue weighted by molar-refractivity contribution is 5.93. The van der Waals surface area contributed by atoms with E-state index in [9.17, 15) is 5.26 Å². The van der Waals surface area contributed by atoms with Crippen molar-refractivity contribution >= 4 is 16.7 Å². The number of ether oxygens (including phenoxy) is 3. The molecule has 1 spiro atoms. The fourth-order valence-electron chi connectivity index (χ4n) is 4.75. The molecule has 1 aliphatic heterocycles. The van der Waals surface area contributed by atoms with Gasteiger partial charge in [-0.1, -0.05) is 30.3 Å². The first-order chi connectivity index (χ1) is 15.1. The van der Waals surface area contributed by atoms with E-state index in [1.807, 2.05) is 41.1 Å². The smallest absolute Gasteiger partial charge is 0.227 e. The first kappa shape index (κ1) is 19.8. The predicted octanol–water partition coefficient (Wildman–Crippen LogP) is 3.52. The molecule has 0 radical (unpaired) electrons. The van der Waals surface area contributed by atoms with Crippen molar-refractivity contribution in [2.75, 3.05) is 18.9 Å². The van der Waals surface area contributed by atoms with Gasteiger partial charge in [-0.25, -0.2) is 4.98 Å². The van der Waals surface area contributed by atoms with E-state index < -0.39 is 11.3 Å². The molecule has 1 saturated heterocycles. The summed E-state index contributed by atoms with van der Waals surface area (Å²) >= 11 is 0. The van der Waals surface area contributed by atoms with Gasteiger partial charge in [0, 0.05) is 19.0 Å². The zero-order valence-corrected chi connectivity index (χ0v) is 17.3. The minimum atomic E-state index is -0.515. The van der Waals surface area contributed by atoms with Gasteiger partial charge in [0.05, 0.1) is 36.8 Å². The van der Waals surface area contributed by atoms with Gasteiger partial charge in [0.15, 0.2) is 11.6 Å². The van der Waals surface area contributed by atoms with Crippen LogP contribution in [0.4, 0.5) is 5.82 Å². The summed E-state index contributed by atoms with van der Waals surface area (Å²) in [5.74, 6) is 0.294. The van der Waals surface area contributed by atoms with Crippen molar-refractivity contribution in [2.45, 2.75) is 50.0 Å². The number of nitrogens with two attached hydrogens (primary N) is 1. The van der Waals surface area contributed by atoms with Gasteiger partial charge in [0.2, 0.25) is 5.88 Å². The van der Waals surface area contributed by atoms with Crippen LogP contribution >= 0.6 is 0 Å². The summed E-state index contributed by atoms with van der Waals surface area (Å²) in [5, 5.41) is 15.0.